The number of fused-ring (bicyclic) bond motifs is 1. The molecule has 120 valence electrons. The maximum Gasteiger partial charge on any atom is 0.239 e. The van der Waals surface area contributed by atoms with E-state index in [2.05, 4.69) is 0 Å². The lowest BCUT2D eigenvalue weighted by molar-refractivity contribution is 0.0982. The molecule has 0 N–H and O–H groups in total. The molecule has 0 bridgehead atoms. The van der Waals surface area contributed by atoms with Crippen molar-refractivity contribution in [2.24, 2.45) is 0 Å². The largest absolute Gasteiger partial charge is 0.294 e. The van der Waals surface area contributed by atoms with Gasteiger partial charge in [0.05, 0.1) is 11.4 Å². The van der Waals surface area contributed by atoms with Gasteiger partial charge in [0.1, 0.15) is 0 Å². The summed E-state index contributed by atoms with van der Waals surface area (Å²) in [6.07, 6.45) is 0.146. The lowest BCUT2D eigenvalue weighted by Gasteiger charge is -2.29. The zero-order valence-electron chi connectivity index (χ0n) is 12.0. The molecule has 2 aromatic carbocycles. The third-order valence-corrected chi connectivity index (χ3v) is 5.90. The van der Waals surface area contributed by atoms with E-state index >= 15 is 0 Å². The molecule has 0 saturated heterocycles. The minimum Gasteiger partial charge on any atom is -0.294 e. The molecule has 1 aliphatic rings. The van der Waals surface area contributed by atoms with Crippen molar-refractivity contribution in [2.45, 2.75) is 12.2 Å². The van der Waals surface area contributed by atoms with Crippen LogP contribution in [0.25, 0.3) is 0 Å². The van der Waals surface area contributed by atoms with Crippen molar-refractivity contribution in [1.82, 2.24) is 0 Å². The van der Waals surface area contributed by atoms with Crippen LogP contribution in [0.2, 0.25) is 10.0 Å². The molecular formula is C16H13Cl2NO3S. The number of anilines is 1. The fraction of sp³-hybridized carbons (Fsp3) is 0.188. The fourth-order valence-corrected chi connectivity index (χ4v) is 4.46. The van der Waals surface area contributed by atoms with E-state index in [9.17, 15) is 13.2 Å². The summed E-state index contributed by atoms with van der Waals surface area (Å²) < 4.78 is 26.8. The third-order valence-electron chi connectivity index (χ3n) is 3.67. The van der Waals surface area contributed by atoms with Crippen LogP contribution in [0.4, 0.5) is 5.69 Å². The number of halogens is 2. The van der Waals surface area contributed by atoms with Crippen LogP contribution in [-0.2, 0) is 15.8 Å². The second-order valence-corrected chi connectivity index (χ2v) is 8.06. The molecule has 7 heteroatoms. The normalized spacial score (nSPS) is 14.7. The summed E-state index contributed by atoms with van der Waals surface area (Å²) in [6, 6.07) is 11.3. The molecule has 0 radical (unpaired) electrons. The first-order valence-corrected chi connectivity index (χ1v) is 9.31. The van der Waals surface area contributed by atoms with E-state index in [4.69, 9.17) is 23.2 Å². The van der Waals surface area contributed by atoms with Gasteiger partial charge in [-0.15, -0.1) is 0 Å². The van der Waals surface area contributed by atoms with Crippen molar-refractivity contribution in [2.75, 3.05) is 10.8 Å². The molecule has 2 aromatic rings. The molecule has 23 heavy (non-hydrogen) atoms. The van der Waals surface area contributed by atoms with Gasteiger partial charge in [-0.2, -0.15) is 0 Å². The van der Waals surface area contributed by atoms with Gasteiger partial charge in [0.25, 0.3) is 0 Å². The number of nitrogens with zero attached hydrogens (tertiary/aromatic N) is 1. The highest BCUT2D eigenvalue weighted by Crippen LogP contribution is 2.32. The van der Waals surface area contributed by atoms with Gasteiger partial charge in [-0.3, -0.25) is 9.10 Å². The van der Waals surface area contributed by atoms with Gasteiger partial charge in [-0.1, -0.05) is 35.3 Å². The Balaban J connectivity index is 1.96. The van der Waals surface area contributed by atoms with Crippen LogP contribution in [0.1, 0.15) is 22.3 Å². The van der Waals surface area contributed by atoms with Gasteiger partial charge in [-0.05, 0) is 35.9 Å². The molecule has 0 amide bonds. The second kappa shape index (κ2) is 6.15. The Hall–Kier alpha value is -1.56. The van der Waals surface area contributed by atoms with Crippen LogP contribution in [0.3, 0.4) is 0 Å². The van der Waals surface area contributed by atoms with Crippen LogP contribution in [0.5, 0.6) is 0 Å². The van der Waals surface area contributed by atoms with Crippen LogP contribution in [0, 0.1) is 0 Å². The predicted molar refractivity (Wildman–Crippen MR) is 91.8 cm³/mol. The average Bonchev–Trinajstić information content (AvgIpc) is 2.50. The number of sulfonamides is 1. The van der Waals surface area contributed by atoms with Gasteiger partial charge < -0.3 is 0 Å². The molecule has 3 rings (SSSR count). The number of benzene rings is 2. The molecule has 4 nitrogen and oxygen atoms in total. The average molecular weight is 370 g/mol. The summed E-state index contributed by atoms with van der Waals surface area (Å²) in [5.74, 6) is -0.249. The minimum absolute atomic E-state index is 0.0968. The van der Waals surface area contributed by atoms with Crippen molar-refractivity contribution in [3.8, 4) is 0 Å². The number of hydrogen-bond donors (Lipinski definition) is 0. The first kappa shape index (κ1) is 16.3. The van der Waals surface area contributed by atoms with Crippen molar-refractivity contribution in [3.63, 3.8) is 0 Å². The van der Waals surface area contributed by atoms with Crippen LogP contribution in [0.15, 0.2) is 42.5 Å². The summed E-state index contributed by atoms with van der Waals surface area (Å²) in [6.45, 7) is 0.142. The monoisotopic (exact) mass is 369 g/mol. The Bertz CT molecular complexity index is 863. The standard InChI is InChI=1S/C16H13Cl2NO3S/c17-12-3-1-11(2-4-12)10-23(21,22)19-8-7-16(20)14-9-13(18)5-6-15(14)19/h1-6,9H,7-8,10H2. The molecule has 0 atom stereocenters. The fourth-order valence-electron chi connectivity index (χ4n) is 2.57. The zero-order chi connectivity index (χ0) is 16.6. The summed E-state index contributed by atoms with van der Waals surface area (Å²) >= 11 is 11.7. The van der Waals surface area contributed by atoms with Gasteiger partial charge in [0, 0.05) is 28.6 Å². The van der Waals surface area contributed by atoms with Crippen molar-refractivity contribution >= 4 is 44.7 Å². The molecule has 0 aliphatic carbocycles. The highest BCUT2D eigenvalue weighted by Gasteiger charge is 2.31. The topological polar surface area (TPSA) is 54.5 Å². The van der Waals surface area contributed by atoms with Gasteiger partial charge >= 0.3 is 0 Å². The van der Waals surface area contributed by atoms with Gasteiger partial charge in [-0.25, -0.2) is 8.42 Å². The van der Waals surface area contributed by atoms with Crippen molar-refractivity contribution < 1.29 is 13.2 Å². The number of ketones is 1. The molecule has 0 aromatic heterocycles. The lowest BCUT2D eigenvalue weighted by Crippen LogP contribution is -2.38. The van der Waals surface area contributed by atoms with Gasteiger partial charge in [0.2, 0.25) is 10.0 Å². The van der Waals surface area contributed by atoms with E-state index < -0.39 is 10.0 Å². The summed E-state index contributed by atoms with van der Waals surface area (Å²) in [5, 5.41) is 0.962. The third kappa shape index (κ3) is 3.37. The number of rotatable bonds is 3. The Morgan fingerprint density at radius 2 is 1.65 bits per heavy atom. The van der Waals surface area contributed by atoms with Crippen molar-refractivity contribution in [1.29, 1.82) is 0 Å². The number of hydrogen-bond acceptors (Lipinski definition) is 3. The van der Waals surface area contributed by atoms with Crippen LogP contribution >= 0.6 is 23.2 Å². The minimum atomic E-state index is -3.60. The SMILES string of the molecule is O=C1CCN(S(=O)(=O)Cc2ccc(Cl)cc2)c2ccc(Cl)cc21. The molecular weight excluding hydrogens is 357 g/mol. The summed E-state index contributed by atoms with van der Waals surface area (Å²) in [4.78, 5) is 12.0. The van der Waals surface area contributed by atoms with E-state index in [-0.39, 0.29) is 24.5 Å². The highest BCUT2D eigenvalue weighted by molar-refractivity contribution is 7.92. The molecule has 0 fully saturated rings. The van der Waals surface area contributed by atoms with E-state index in [0.29, 0.717) is 26.9 Å². The van der Waals surface area contributed by atoms with E-state index in [1.165, 1.54) is 10.4 Å². The maximum atomic E-state index is 12.7. The molecule has 1 aliphatic heterocycles. The molecule has 0 saturated carbocycles. The number of carbonyl (C=O) groups is 1. The molecule has 1 heterocycles. The van der Waals surface area contributed by atoms with E-state index in [0.717, 1.165) is 0 Å². The Kier molecular flexibility index (Phi) is 4.36. The Labute approximate surface area is 144 Å². The quantitative estimate of drug-likeness (QED) is 0.823. The van der Waals surface area contributed by atoms with E-state index in [1.807, 2.05) is 0 Å². The first-order valence-electron chi connectivity index (χ1n) is 6.94. The highest BCUT2D eigenvalue weighted by atomic mass is 35.5. The Morgan fingerprint density at radius 1 is 1.00 bits per heavy atom. The van der Waals surface area contributed by atoms with Crippen LogP contribution in [-0.4, -0.2) is 20.7 Å². The first-order chi connectivity index (χ1) is 10.9. The predicted octanol–water partition coefficient (Wildman–Crippen LogP) is 3.92. The lowest BCUT2D eigenvalue weighted by atomic mass is 10.0. The zero-order valence-corrected chi connectivity index (χ0v) is 14.3. The molecule has 0 spiro atoms. The summed E-state index contributed by atoms with van der Waals surface area (Å²) in [7, 11) is -3.60. The van der Waals surface area contributed by atoms with E-state index in [1.54, 1.807) is 36.4 Å². The number of carbonyl (C=O) groups excluding carboxylic acids is 1. The second-order valence-electron chi connectivity index (χ2n) is 5.29. The Morgan fingerprint density at radius 3 is 2.35 bits per heavy atom. The number of Topliss-reactive ketones (excluding diaryl/α,β-unsaturated/α-hetero) is 1. The maximum absolute atomic E-state index is 12.7. The summed E-state index contributed by atoms with van der Waals surface area (Å²) in [5.41, 5.74) is 1.38. The molecule has 0 unspecified atom stereocenters. The van der Waals surface area contributed by atoms with Crippen LogP contribution < -0.4 is 4.31 Å². The smallest absolute Gasteiger partial charge is 0.239 e. The van der Waals surface area contributed by atoms with Gasteiger partial charge in [0.15, 0.2) is 5.78 Å². The van der Waals surface area contributed by atoms with Crippen molar-refractivity contribution in [3.05, 3.63) is 63.6 Å².